The van der Waals surface area contributed by atoms with Crippen LogP contribution in [0.2, 0.25) is 0 Å². The summed E-state index contributed by atoms with van der Waals surface area (Å²) in [6.45, 7) is 7.86. The summed E-state index contributed by atoms with van der Waals surface area (Å²) in [4.78, 5) is 0. The predicted octanol–water partition coefficient (Wildman–Crippen LogP) is 5.01. The van der Waals surface area contributed by atoms with Gasteiger partial charge in [0, 0.05) is 6.20 Å². The van der Waals surface area contributed by atoms with Crippen molar-refractivity contribution < 1.29 is 0 Å². The van der Waals surface area contributed by atoms with E-state index in [2.05, 4.69) is 44.7 Å². The number of nitrogens with two attached hydrogens (primary N) is 1. The van der Waals surface area contributed by atoms with E-state index in [1.54, 1.807) is 12.3 Å². The fourth-order valence-electron chi connectivity index (χ4n) is 1.86. The largest absolute Gasteiger partial charge is 0.404 e. The fourth-order valence-corrected chi connectivity index (χ4v) is 1.86. The predicted molar refractivity (Wildman–Crippen MR) is 90.1 cm³/mol. The summed E-state index contributed by atoms with van der Waals surface area (Å²) < 4.78 is 0. The quantitative estimate of drug-likeness (QED) is 0.719. The highest BCUT2D eigenvalue weighted by Crippen LogP contribution is 2.22. The smallest absolute Gasteiger partial charge is 0.00201 e. The molecule has 104 valence electrons. The molecule has 0 amide bonds. The summed E-state index contributed by atoms with van der Waals surface area (Å²) in [5.74, 6) is 0. The van der Waals surface area contributed by atoms with Crippen LogP contribution in [0.25, 0.3) is 5.57 Å². The highest BCUT2D eigenvalue weighted by Gasteiger charge is 2.02. The van der Waals surface area contributed by atoms with E-state index < -0.39 is 0 Å². The van der Waals surface area contributed by atoms with Crippen LogP contribution in [0.5, 0.6) is 0 Å². The molecule has 1 nitrogen and oxygen atoms in total. The molecule has 0 saturated heterocycles. The zero-order valence-corrected chi connectivity index (χ0v) is 12.3. The molecular formula is C19H23N. The third-order valence-corrected chi connectivity index (χ3v) is 3.03. The molecular weight excluding hydrogens is 242 g/mol. The average Bonchev–Trinajstić information content (AvgIpc) is 2.47. The Bertz CT molecular complexity index is 542. The van der Waals surface area contributed by atoms with Gasteiger partial charge in [-0.05, 0) is 37.0 Å². The van der Waals surface area contributed by atoms with Gasteiger partial charge in [0.1, 0.15) is 0 Å². The van der Waals surface area contributed by atoms with Gasteiger partial charge in [-0.25, -0.2) is 0 Å². The van der Waals surface area contributed by atoms with Crippen LogP contribution in [0.1, 0.15) is 25.8 Å². The van der Waals surface area contributed by atoms with Crippen molar-refractivity contribution in [2.24, 2.45) is 5.73 Å². The van der Waals surface area contributed by atoms with Crippen molar-refractivity contribution in [1.82, 2.24) is 0 Å². The van der Waals surface area contributed by atoms with Crippen molar-refractivity contribution in [3.8, 4) is 0 Å². The molecule has 0 aliphatic heterocycles. The Hall–Kier alpha value is -2.28. The second-order valence-corrected chi connectivity index (χ2v) is 4.67. The molecule has 20 heavy (non-hydrogen) atoms. The molecule has 0 unspecified atom stereocenters. The minimum absolute atomic E-state index is 0.914. The van der Waals surface area contributed by atoms with Gasteiger partial charge in [0.25, 0.3) is 0 Å². The number of allylic oxidation sites excluding steroid dienone is 8. The molecule has 1 rings (SSSR count). The number of rotatable bonds is 6. The molecule has 1 aromatic carbocycles. The van der Waals surface area contributed by atoms with E-state index in [4.69, 9.17) is 5.73 Å². The third-order valence-electron chi connectivity index (χ3n) is 3.03. The first kappa shape index (κ1) is 15.8. The molecule has 0 atom stereocenters. The Morgan fingerprint density at radius 1 is 1.15 bits per heavy atom. The lowest BCUT2D eigenvalue weighted by Crippen LogP contribution is -1.91. The van der Waals surface area contributed by atoms with Crippen molar-refractivity contribution in [2.75, 3.05) is 0 Å². The molecule has 0 spiro atoms. The Morgan fingerprint density at radius 2 is 1.85 bits per heavy atom. The summed E-state index contributed by atoms with van der Waals surface area (Å²) >= 11 is 0. The zero-order chi connectivity index (χ0) is 14.8. The minimum atomic E-state index is 0.914. The lowest BCUT2D eigenvalue weighted by molar-refractivity contribution is 1.19. The van der Waals surface area contributed by atoms with Gasteiger partial charge < -0.3 is 5.73 Å². The normalized spacial score (nSPS) is 13.8. The number of benzene rings is 1. The summed E-state index contributed by atoms with van der Waals surface area (Å²) in [7, 11) is 0. The van der Waals surface area contributed by atoms with E-state index in [-0.39, 0.29) is 0 Å². The van der Waals surface area contributed by atoms with E-state index in [1.165, 1.54) is 11.1 Å². The Morgan fingerprint density at radius 3 is 2.45 bits per heavy atom. The first-order valence-corrected chi connectivity index (χ1v) is 6.78. The molecule has 0 fully saturated rings. The van der Waals surface area contributed by atoms with Crippen LogP contribution in [-0.4, -0.2) is 0 Å². The van der Waals surface area contributed by atoms with Crippen molar-refractivity contribution in [2.45, 2.75) is 20.3 Å². The van der Waals surface area contributed by atoms with Gasteiger partial charge >= 0.3 is 0 Å². The maximum Gasteiger partial charge on any atom is 0.00201 e. The van der Waals surface area contributed by atoms with E-state index in [1.807, 2.05) is 30.4 Å². The standard InChI is InChI=1S/C19H23N/c1-4-5-7-10-16(2)13-14-17(3)19(15-20)18-11-8-6-9-12-18/h4-12,14-15H,1,13,20H2,2-3H3/b7-5-,16-10+,17-14-,19-15+. The van der Waals surface area contributed by atoms with Gasteiger partial charge in [-0.2, -0.15) is 0 Å². The van der Waals surface area contributed by atoms with E-state index in [0.717, 1.165) is 17.6 Å². The molecule has 0 radical (unpaired) electrons. The van der Waals surface area contributed by atoms with Gasteiger partial charge in [0.05, 0.1) is 0 Å². The lowest BCUT2D eigenvalue weighted by atomic mass is 9.98. The van der Waals surface area contributed by atoms with Crippen molar-refractivity contribution in [1.29, 1.82) is 0 Å². The molecule has 1 heteroatoms. The summed E-state index contributed by atoms with van der Waals surface area (Å²) in [5.41, 5.74) is 10.5. The van der Waals surface area contributed by atoms with Crippen molar-refractivity contribution in [3.63, 3.8) is 0 Å². The first-order valence-electron chi connectivity index (χ1n) is 6.78. The van der Waals surface area contributed by atoms with Gasteiger partial charge in [-0.1, -0.05) is 72.9 Å². The number of hydrogen-bond donors (Lipinski definition) is 1. The first-order chi connectivity index (χ1) is 9.69. The molecule has 0 aliphatic carbocycles. The summed E-state index contributed by atoms with van der Waals surface area (Å²) in [5, 5.41) is 0. The SMILES string of the molecule is C=C/C=C\C=C(/C)C/C=C(C)\C(=C/N)c1ccccc1. The van der Waals surface area contributed by atoms with Crippen LogP contribution in [0.3, 0.4) is 0 Å². The summed E-state index contributed by atoms with van der Waals surface area (Å²) in [6.07, 6.45) is 12.6. The van der Waals surface area contributed by atoms with E-state index in [0.29, 0.717) is 0 Å². The average molecular weight is 265 g/mol. The third kappa shape index (κ3) is 5.15. The van der Waals surface area contributed by atoms with Gasteiger partial charge in [-0.15, -0.1) is 0 Å². The Balaban J connectivity index is 2.80. The maximum atomic E-state index is 5.77. The van der Waals surface area contributed by atoms with Crippen LogP contribution >= 0.6 is 0 Å². The Labute approximate surface area is 122 Å². The minimum Gasteiger partial charge on any atom is -0.404 e. The molecule has 0 aromatic heterocycles. The molecule has 0 bridgehead atoms. The molecule has 0 saturated carbocycles. The van der Waals surface area contributed by atoms with E-state index in [9.17, 15) is 0 Å². The highest BCUT2D eigenvalue weighted by atomic mass is 14.5. The van der Waals surface area contributed by atoms with E-state index >= 15 is 0 Å². The maximum absolute atomic E-state index is 5.77. The summed E-state index contributed by atoms with van der Waals surface area (Å²) in [6, 6.07) is 10.2. The van der Waals surface area contributed by atoms with Crippen LogP contribution in [-0.2, 0) is 0 Å². The van der Waals surface area contributed by atoms with Crippen LogP contribution in [0.4, 0.5) is 0 Å². The second-order valence-electron chi connectivity index (χ2n) is 4.67. The van der Waals surface area contributed by atoms with Crippen LogP contribution < -0.4 is 5.73 Å². The second kappa shape index (κ2) is 8.76. The lowest BCUT2D eigenvalue weighted by Gasteiger charge is -2.08. The van der Waals surface area contributed by atoms with Crippen molar-refractivity contribution in [3.05, 3.63) is 90.2 Å². The highest BCUT2D eigenvalue weighted by molar-refractivity contribution is 5.78. The molecule has 1 aromatic rings. The van der Waals surface area contributed by atoms with Gasteiger partial charge in [-0.3, -0.25) is 0 Å². The van der Waals surface area contributed by atoms with Gasteiger partial charge in [0.2, 0.25) is 0 Å². The van der Waals surface area contributed by atoms with Gasteiger partial charge in [0.15, 0.2) is 0 Å². The fraction of sp³-hybridized carbons (Fsp3) is 0.158. The van der Waals surface area contributed by atoms with Crippen LogP contribution in [0.15, 0.2) is 84.6 Å². The molecule has 0 heterocycles. The topological polar surface area (TPSA) is 26.0 Å². The van der Waals surface area contributed by atoms with Crippen molar-refractivity contribution >= 4 is 5.57 Å². The Kier molecular flexibility index (Phi) is 6.91. The number of hydrogen-bond acceptors (Lipinski definition) is 1. The molecule has 2 N–H and O–H groups in total. The monoisotopic (exact) mass is 265 g/mol. The van der Waals surface area contributed by atoms with Crippen LogP contribution in [0, 0.1) is 0 Å². The molecule has 0 aliphatic rings. The zero-order valence-electron chi connectivity index (χ0n) is 12.3.